The zero-order valence-corrected chi connectivity index (χ0v) is 17.5. The number of hydrogen-bond donors (Lipinski definition) is 4. The fraction of sp³-hybridized carbons (Fsp3) is 0.667. The van der Waals surface area contributed by atoms with Crippen molar-refractivity contribution in [3.05, 3.63) is 12.7 Å². The number of carbonyl (C=O) groups is 2. The lowest BCUT2D eigenvalue weighted by Crippen LogP contribution is -2.47. The highest BCUT2D eigenvalue weighted by Crippen LogP contribution is 2.44. The van der Waals surface area contributed by atoms with Crippen LogP contribution in [0.5, 0.6) is 0 Å². The molecule has 168 valence electrons. The van der Waals surface area contributed by atoms with Crippen LogP contribution in [0.3, 0.4) is 0 Å². The van der Waals surface area contributed by atoms with Crippen LogP contribution in [0, 0.1) is 5.41 Å². The van der Waals surface area contributed by atoms with Gasteiger partial charge < -0.3 is 25.8 Å². The molecule has 0 saturated heterocycles. The van der Waals surface area contributed by atoms with Gasteiger partial charge in [0.05, 0.1) is 30.9 Å². The van der Waals surface area contributed by atoms with Gasteiger partial charge in [0, 0.05) is 6.42 Å². The van der Waals surface area contributed by atoms with E-state index in [4.69, 9.17) is 5.73 Å². The maximum Gasteiger partial charge on any atom is 0.303 e. The Bertz CT molecular complexity index is 954. The van der Waals surface area contributed by atoms with Crippen molar-refractivity contribution in [2.24, 2.45) is 5.41 Å². The first-order valence-corrected chi connectivity index (χ1v) is 11.0. The molecule has 2 aromatic rings. The quantitative estimate of drug-likeness (QED) is 0.505. The number of aliphatic hydroxyl groups is 1. The van der Waals surface area contributed by atoms with Crippen molar-refractivity contribution in [1.82, 2.24) is 24.8 Å². The molecular weight excluding hydrogens is 400 g/mol. The van der Waals surface area contributed by atoms with E-state index in [1.807, 2.05) is 4.57 Å². The molecule has 0 unspecified atom stereocenters. The summed E-state index contributed by atoms with van der Waals surface area (Å²) in [5.41, 5.74) is 6.48. The third kappa shape index (κ3) is 4.48. The van der Waals surface area contributed by atoms with E-state index < -0.39 is 23.5 Å². The van der Waals surface area contributed by atoms with Crippen LogP contribution in [-0.2, 0) is 9.59 Å². The van der Waals surface area contributed by atoms with Crippen LogP contribution in [0.2, 0.25) is 0 Å². The van der Waals surface area contributed by atoms with E-state index >= 15 is 0 Å². The van der Waals surface area contributed by atoms with E-state index in [-0.39, 0.29) is 30.6 Å². The molecule has 4 rings (SSSR count). The van der Waals surface area contributed by atoms with E-state index in [1.165, 1.54) is 6.33 Å². The fourth-order valence-electron chi connectivity index (χ4n) is 5.36. The van der Waals surface area contributed by atoms with Crippen molar-refractivity contribution in [3.8, 4) is 0 Å². The van der Waals surface area contributed by atoms with Crippen molar-refractivity contribution < 1.29 is 19.8 Å². The minimum absolute atomic E-state index is 0.0123. The molecule has 0 spiro atoms. The molecular formula is C21H30N6O4. The third-order valence-electron chi connectivity index (χ3n) is 6.89. The van der Waals surface area contributed by atoms with Gasteiger partial charge in [-0.3, -0.25) is 9.59 Å². The largest absolute Gasteiger partial charge is 0.481 e. The highest BCUT2D eigenvalue weighted by Gasteiger charge is 2.39. The Morgan fingerprint density at radius 1 is 1.13 bits per heavy atom. The Morgan fingerprint density at radius 3 is 2.61 bits per heavy atom. The van der Waals surface area contributed by atoms with E-state index in [0.29, 0.717) is 17.6 Å². The normalized spacial score (nSPS) is 25.9. The van der Waals surface area contributed by atoms with Crippen LogP contribution in [0.25, 0.3) is 11.2 Å². The molecule has 2 fully saturated rings. The molecule has 10 nitrogen and oxygen atoms in total. The predicted octanol–water partition coefficient (Wildman–Crippen LogP) is 1.79. The summed E-state index contributed by atoms with van der Waals surface area (Å²) in [4.78, 5) is 36.8. The lowest BCUT2D eigenvalue weighted by molar-refractivity contribution is -0.140. The molecule has 2 aliphatic carbocycles. The standard InChI is InChI=1S/C21H30N6O4/c22-19-17-20(24-11-23-19)27(12-25-17)14-6-2-1-5-13(18(14)31)26-15(28)9-21(10-16(29)30)7-3-4-8-21/h11-14,18,31H,1-10H2,(H,26,28)(H,29,30)(H2,22,23,24)/t13-,14-,18-/m0/s1. The monoisotopic (exact) mass is 430 g/mol. The number of fused-ring (bicyclic) bond motifs is 1. The molecule has 3 atom stereocenters. The summed E-state index contributed by atoms with van der Waals surface area (Å²) in [6.45, 7) is 0. The molecule has 0 aliphatic heterocycles. The van der Waals surface area contributed by atoms with Crippen molar-refractivity contribution in [2.75, 3.05) is 5.73 Å². The van der Waals surface area contributed by atoms with Crippen LogP contribution in [0.15, 0.2) is 12.7 Å². The van der Waals surface area contributed by atoms with Gasteiger partial charge in [-0.25, -0.2) is 15.0 Å². The molecule has 0 aromatic carbocycles. The second-order valence-electron chi connectivity index (χ2n) is 9.05. The minimum atomic E-state index is -0.863. The minimum Gasteiger partial charge on any atom is -0.481 e. The van der Waals surface area contributed by atoms with Crippen LogP contribution in [0.1, 0.15) is 70.3 Å². The maximum absolute atomic E-state index is 12.9. The van der Waals surface area contributed by atoms with Crippen molar-refractivity contribution in [3.63, 3.8) is 0 Å². The number of amides is 1. The second kappa shape index (κ2) is 8.78. The Morgan fingerprint density at radius 2 is 1.87 bits per heavy atom. The molecule has 5 N–H and O–H groups in total. The number of aliphatic carboxylic acids is 1. The summed E-state index contributed by atoms with van der Waals surface area (Å²) in [6, 6.07) is -0.716. The predicted molar refractivity (Wildman–Crippen MR) is 113 cm³/mol. The first-order chi connectivity index (χ1) is 14.9. The van der Waals surface area contributed by atoms with Gasteiger partial charge in [0.2, 0.25) is 5.91 Å². The van der Waals surface area contributed by atoms with Gasteiger partial charge in [-0.1, -0.05) is 25.7 Å². The van der Waals surface area contributed by atoms with Crippen LogP contribution in [0.4, 0.5) is 5.82 Å². The highest BCUT2D eigenvalue weighted by molar-refractivity contribution is 5.81. The number of aliphatic hydroxyl groups excluding tert-OH is 1. The Balaban J connectivity index is 1.50. The first kappa shape index (κ1) is 21.5. The molecule has 2 aliphatic rings. The second-order valence-corrected chi connectivity index (χ2v) is 9.05. The van der Waals surface area contributed by atoms with E-state index in [9.17, 15) is 19.8 Å². The number of rotatable bonds is 6. The zero-order valence-electron chi connectivity index (χ0n) is 17.5. The van der Waals surface area contributed by atoms with Crippen LogP contribution in [-0.4, -0.2) is 53.8 Å². The molecule has 10 heteroatoms. The summed E-state index contributed by atoms with van der Waals surface area (Å²) in [7, 11) is 0. The van der Waals surface area contributed by atoms with Gasteiger partial charge in [-0.2, -0.15) is 0 Å². The molecule has 2 heterocycles. The molecule has 0 bridgehead atoms. The number of hydrogen-bond acceptors (Lipinski definition) is 7. The van der Waals surface area contributed by atoms with Crippen molar-refractivity contribution in [2.45, 2.75) is 82.4 Å². The molecule has 2 saturated carbocycles. The number of nitrogens with two attached hydrogens (primary N) is 1. The summed E-state index contributed by atoms with van der Waals surface area (Å²) < 4.78 is 1.82. The topological polar surface area (TPSA) is 156 Å². The molecule has 1 amide bonds. The van der Waals surface area contributed by atoms with Crippen LogP contribution >= 0.6 is 0 Å². The lowest BCUT2D eigenvalue weighted by atomic mass is 9.79. The molecule has 2 aromatic heterocycles. The number of anilines is 1. The van der Waals surface area contributed by atoms with E-state index in [1.54, 1.807) is 6.33 Å². The fourth-order valence-corrected chi connectivity index (χ4v) is 5.36. The third-order valence-corrected chi connectivity index (χ3v) is 6.89. The smallest absolute Gasteiger partial charge is 0.303 e. The number of nitrogen functional groups attached to an aromatic ring is 1. The van der Waals surface area contributed by atoms with Gasteiger partial charge in [0.1, 0.15) is 11.8 Å². The number of carboxylic acid groups (broad SMARTS) is 1. The lowest BCUT2D eigenvalue weighted by Gasteiger charge is -2.31. The maximum atomic E-state index is 12.9. The summed E-state index contributed by atoms with van der Waals surface area (Å²) >= 11 is 0. The Kier molecular flexibility index (Phi) is 6.08. The SMILES string of the molecule is Nc1ncnc2c1ncn2[C@H]1CCCC[C@H](NC(=O)CC2(CC(=O)O)CCCC2)[C@@H]1O. The van der Waals surface area contributed by atoms with E-state index in [2.05, 4.69) is 20.3 Å². The Labute approximate surface area is 180 Å². The summed E-state index contributed by atoms with van der Waals surface area (Å²) in [6.07, 6.45) is 8.96. The highest BCUT2D eigenvalue weighted by atomic mass is 16.4. The number of aromatic nitrogens is 4. The van der Waals surface area contributed by atoms with Gasteiger partial charge in [0.25, 0.3) is 0 Å². The number of carboxylic acids is 1. The van der Waals surface area contributed by atoms with Crippen molar-refractivity contribution >= 4 is 28.9 Å². The van der Waals surface area contributed by atoms with Gasteiger partial charge in [-0.05, 0) is 31.1 Å². The van der Waals surface area contributed by atoms with Crippen LogP contribution < -0.4 is 11.1 Å². The van der Waals surface area contributed by atoms with Crippen molar-refractivity contribution in [1.29, 1.82) is 0 Å². The van der Waals surface area contributed by atoms with Gasteiger partial charge >= 0.3 is 5.97 Å². The average Bonchev–Trinajstić information content (AvgIpc) is 3.30. The van der Waals surface area contributed by atoms with Gasteiger partial charge in [-0.15, -0.1) is 0 Å². The Hall–Kier alpha value is -2.75. The summed E-state index contributed by atoms with van der Waals surface area (Å²) in [5, 5.41) is 23.5. The number of nitrogens with zero attached hydrogens (tertiary/aromatic N) is 4. The van der Waals surface area contributed by atoms with Gasteiger partial charge in [0.15, 0.2) is 11.5 Å². The first-order valence-electron chi connectivity index (χ1n) is 11.0. The molecule has 31 heavy (non-hydrogen) atoms. The summed E-state index contributed by atoms with van der Waals surface area (Å²) in [5.74, 6) is -0.760. The average molecular weight is 431 g/mol. The number of nitrogens with one attached hydrogen (secondary N) is 1. The molecule has 0 radical (unpaired) electrons. The number of imidazole rings is 1. The van der Waals surface area contributed by atoms with E-state index in [0.717, 1.165) is 44.9 Å². The zero-order chi connectivity index (χ0) is 22.0. The number of carbonyl (C=O) groups excluding carboxylic acids is 1.